The molecule has 0 saturated heterocycles. The van der Waals surface area contributed by atoms with Crippen molar-refractivity contribution in [2.45, 2.75) is 6.18 Å². The highest BCUT2D eigenvalue weighted by molar-refractivity contribution is 6.08. The minimum absolute atomic E-state index is 0.313. The molecule has 0 aliphatic rings. The highest BCUT2D eigenvalue weighted by Gasteiger charge is 2.29. The summed E-state index contributed by atoms with van der Waals surface area (Å²) in [5, 5.41) is 7.44. The van der Waals surface area contributed by atoms with Gasteiger partial charge in [-0.3, -0.25) is 4.79 Å². The standard InChI is InChI=1S/C26H20F3N3O2/c1-34-22-13-7-18(8-14-22)25-23(17-32(31-25)21-5-3-2-4-6-21)24(33)15-16-30-20-11-9-19(10-12-20)26(27,28)29/h2-17,30H,1H3/b16-15-. The SMILES string of the molecule is COc1ccc(-c2nn(-c3ccccc3)cc2C(=O)/C=C\Nc2ccc(C(F)(F)F)cc2)cc1. The van der Waals surface area contributed by atoms with Crippen LogP contribution in [0.1, 0.15) is 15.9 Å². The van der Waals surface area contributed by atoms with Crippen molar-refractivity contribution in [1.29, 1.82) is 0 Å². The van der Waals surface area contributed by atoms with Crippen molar-refractivity contribution in [3.05, 3.63) is 108 Å². The number of carbonyl (C=O) groups is 1. The number of benzene rings is 3. The van der Waals surface area contributed by atoms with Crippen molar-refractivity contribution in [2.75, 3.05) is 12.4 Å². The van der Waals surface area contributed by atoms with Gasteiger partial charge in [-0.1, -0.05) is 18.2 Å². The molecule has 1 heterocycles. The molecule has 0 radical (unpaired) electrons. The number of rotatable bonds is 7. The summed E-state index contributed by atoms with van der Waals surface area (Å²) in [5.41, 5.74) is 2.09. The van der Waals surface area contributed by atoms with Crippen LogP contribution in [0.25, 0.3) is 16.9 Å². The van der Waals surface area contributed by atoms with Crippen LogP contribution in [-0.4, -0.2) is 22.7 Å². The van der Waals surface area contributed by atoms with Crippen LogP contribution in [0.3, 0.4) is 0 Å². The van der Waals surface area contributed by atoms with Gasteiger partial charge in [-0.2, -0.15) is 18.3 Å². The first-order chi connectivity index (χ1) is 16.3. The van der Waals surface area contributed by atoms with Gasteiger partial charge in [0.05, 0.1) is 23.9 Å². The van der Waals surface area contributed by atoms with Gasteiger partial charge in [0.15, 0.2) is 5.78 Å². The number of anilines is 1. The van der Waals surface area contributed by atoms with Crippen LogP contribution in [0, 0.1) is 0 Å². The summed E-state index contributed by atoms with van der Waals surface area (Å²) in [5.74, 6) is 0.368. The van der Waals surface area contributed by atoms with E-state index in [0.717, 1.165) is 23.4 Å². The van der Waals surface area contributed by atoms with Gasteiger partial charge < -0.3 is 10.1 Å². The molecule has 172 valence electrons. The van der Waals surface area contributed by atoms with Crippen LogP contribution >= 0.6 is 0 Å². The Balaban J connectivity index is 1.59. The third-order valence-electron chi connectivity index (χ3n) is 5.06. The molecule has 3 aromatic carbocycles. The van der Waals surface area contributed by atoms with E-state index in [1.165, 1.54) is 24.4 Å². The number of hydrogen-bond donors (Lipinski definition) is 1. The fourth-order valence-electron chi connectivity index (χ4n) is 3.29. The van der Waals surface area contributed by atoms with E-state index in [1.807, 2.05) is 42.5 Å². The van der Waals surface area contributed by atoms with E-state index in [2.05, 4.69) is 10.4 Å². The Morgan fingerprint density at radius 2 is 1.65 bits per heavy atom. The summed E-state index contributed by atoms with van der Waals surface area (Å²) in [6.45, 7) is 0. The number of ether oxygens (including phenoxy) is 1. The van der Waals surface area contributed by atoms with Gasteiger partial charge in [0, 0.05) is 29.7 Å². The van der Waals surface area contributed by atoms with Crippen LogP contribution in [-0.2, 0) is 6.18 Å². The first kappa shape index (κ1) is 22.8. The van der Waals surface area contributed by atoms with Gasteiger partial charge in [0.25, 0.3) is 0 Å². The van der Waals surface area contributed by atoms with Crippen molar-refractivity contribution in [2.24, 2.45) is 0 Å². The summed E-state index contributed by atoms with van der Waals surface area (Å²) in [4.78, 5) is 13.0. The molecule has 0 unspecified atom stereocenters. The molecule has 4 rings (SSSR count). The quantitative estimate of drug-likeness (QED) is 0.255. The third-order valence-corrected chi connectivity index (χ3v) is 5.06. The van der Waals surface area contributed by atoms with Crippen LogP contribution in [0.15, 0.2) is 97.3 Å². The number of ketones is 1. The molecular formula is C26H20F3N3O2. The number of para-hydroxylation sites is 1. The molecule has 1 aromatic heterocycles. The van der Waals surface area contributed by atoms with Crippen molar-refractivity contribution in [3.8, 4) is 22.7 Å². The summed E-state index contributed by atoms with van der Waals surface area (Å²) >= 11 is 0. The maximum atomic E-state index is 13.0. The van der Waals surface area contributed by atoms with Crippen molar-refractivity contribution < 1.29 is 22.7 Å². The fourth-order valence-corrected chi connectivity index (χ4v) is 3.29. The van der Waals surface area contributed by atoms with Crippen LogP contribution in [0.2, 0.25) is 0 Å². The lowest BCUT2D eigenvalue weighted by Crippen LogP contribution is -2.04. The first-order valence-electron chi connectivity index (χ1n) is 10.3. The van der Waals surface area contributed by atoms with Crippen LogP contribution in [0.4, 0.5) is 18.9 Å². The predicted octanol–water partition coefficient (Wildman–Crippen LogP) is 6.38. The topological polar surface area (TPSA) is 56.2 Å². The monoisotopic (exact) mass is 463 g/mol. The minimum Gasteiger partial charge on any atom is -0.497 e. The number of nitrogens with zero attached hydrogens (tertiary/aromatic N) is 2. The zero-order valence-corrected chi connectivity index (χ0v) is 18.1. The zero-order chi connectivity index (χ0) is 24.1. The second-order valence-corrected chi connectivity index (χ2v) is 7.32. The van der Waals surface area contributed by atoms with E-state index in [9.17, 15) is 18.0 Å². The lowest BCUT2D eigenvalue weighted by atomic mass is 10.1. The highest BCUT2D eigenvalue weighted by atomic mass is 19.4. The lowest BCUT2D eigenvalue weighted by molar-refractivity contribution is -0.137. The number of allylic oxidation sites excluding steroid dienone is 1. The smallest absolute Gasteiger partial charge is 0.416 e. The van der Waals surface area contributed by atoms with Crippen molar-refractivity contribution >= 4 is 11.5 Å². The molecule has 0 aliphatic heterocycles. The molecule has 5 nitrogen and oxygen atoms in total. The highest BCUT2D eigenvalue weighted by Crippen LogP contribution is 2.30. The van der Waals surface area contributed by atoms with E-state index in [-0.39, 0.29) is 5.78 Å². The maximum Gasteiger partial charge on any atom is 0.416 e. The Hall–Kier alpha value is -4.33. The summed E-state index contributed by atoms with van der Waals surface area (Å²) in [7, 11) is 1.57. The number of hydrogen-bond acceptors (Lipinski definition) is 4. The first-order valence-corrected chi connectivity index (χ1v) is 10.3. The Kier molecular flexibility index (Phi) is 6.49. The molecule has 0 saturated carbocycles. The van der Waals surface area contributed by atoms with E-state index in [1.54, 1.807) is 30.1 Å². The zero-order valence-electron chi connectivity index (χ0n) is 18.1. The van der Waals surface area contributed by atoms with E-state index in [4.69, 9.17) is 4.74 Å². The van der Waals surface area contributed by atoms with E-state index < -0.39 is 11.7 Å². The van der Waals surface area contributed by atoms with Crippen LogP contribution < -0.4 is 10.1 Å². The molecule has 34 heavy (non-hydrogen) atoms. The minimum atomic E-state index is -4.40. The van der Waals surface area contributed by atoms with Gasteiger partial charge >= 0.3 is 6.18 Å². The molecule has 0 atom stereocenters. The molecular weight excluding hydrogens is 443 g/mol. The van der Waals surface area contributed by atoms with Crippen LogP contribution in [0.5, 0.6) is 5.75 Å². The summed E-state index contributed by atoms with van der Waals surface area (Å²) in [6, 6.07) is 21.1. The predicted molar refractivity (Wildman–Crippen MR) is 124 cm³/mol. The second-order valence-electron chi connectivity index (χ2n) is 7.32. The molecule has 1 N–H and O–H groups in total. The lowest BCUT2D eigenvalue weighted by Gasteiger charge is -2.07. The van der Waals surface area contributed by atoms with Gasteiger partial charge in [0.1, 0.15) is 11.4 Å². The molecule has 4 aromatic rings. The molecule has 0 spiro atoms. The summed E-state index contributed by atoms with van der Waals surface area (Å²) < 4.78 is 45.0. The van der Waals surface area contributed by atoms with E-state index in [0.29, 0.717) is 22.7 Å². The Bertz CT molecular complexity index is 1290. The molecule has 0 amide bonds. The van der Waals surface area contributed by atoms with E-state index >= 15 is 0 Å². The van der Waals surface area contributed by atoms with Gasteiger partial charge in [-0.05, 0) is 60.7 Å². The van der Waals surface area contributed by atoms with Gasteiger partial charge in [-0.25, -0.2) is 4.68 Å². The molecule has 8 heteroatoms. The average molecular weight is 463 g/mol. The molecule has 0 fully saturated rings. The Labute approximate surface area is 194 Å². The number of halogens is 3. The second kappa shape index (κ2) is 9.66. The average Bonchev–Trinajstić information content (AvgIpc) is 3.30. The molecule has 0 bridgehead atoms. The van der Waals surface area contributed by atoms with Gasteiger partial charge in [0.2, 0.25) is 0 Å². The molecule has 0 aliphatic carbocycles. The number of alkyl halides is 3. The Morgan fingerprint density at radius 1 is 0.971 bits per heavy atom. The summed E-state index contributed by atoms with van der Waals surface area (Å²) in [6.07, 6.45) is -0.0412. The third kappa shape index (κ3) is 5.17. The van der Waals surface area contributed by atoms with Crippen molar-refractivity contribution in [1.82, 2.24) is 9.78 Å². The number of carbonyl (C=O) groups excluding carboxylic acids is 1. The Morgan fingerprint density at radius 3 is 2.26 bits per heavy atom. The van der Waals surface area contributed by atoms with Gasteiger partial charge in [-0.15, -0.1) is 0 Å². The number of aromatic nitrogens is 2. The maximum absolute atomic E-state index is 13.0. The number of methoxy groups -OCH3 is 1. The number of nitrogens with one attached hydrogen (secondary N) is 1. The normalized spacial score (nSPS) is 11.5. The largest absolute Gasteiger partial charge is 0.497 e. The fraction of sp³-hybridized carbons (Fsp3) is 0.0769. The van der Waals surface area contributed by atoms with Crippen molar-refractivity contribution in [3.63, 3.8) is 0 Å².